The third-order valence-corrected chi connectivity index (χ3v) is 5.20. The van der Waals surface area contributed by atoms with Crippen LogP contribution in [0.2, 0.25) is 0 Å². The van der Waals surface area contributed by atoms with E-state index >= 15 is 0 Å². The predicted octanol–water partition coefficient (Wildman–Crippen LogP) is 6.06. The SMILES string of the molecule is CCCCCCCCC(=O)OCC(CCC(=O)O)COC(=O)CCCCCCCC. The molecule has 0 aromatic carbocycles. The Bertz CT molecular complexity index is 417. The van der Waals surface area contributed by atoms with Crippen molar-refractivity contribution in [1.29, 1.82) is 0 Å². The van der Waals surface area contributed by atoms with Crippen LogP contribution >= 0.6 is 0 Å². The van der Waals surface area contributed by atoms with Gasteiger partial charge in [0.25, 0.3) is 0 Å². The van der Waals surface area contributed by atoms with Gasteiger partial charge in [0.2, 0.25) is 0 Å². The van der Waals surface area contributed by atoms with Crippen molar-refractivity contribution in [3.05, 3.63) is 0 Å². The van der Waals surface area contributed by atoms with Gasteiger partial charge in [-0.1, -0.05) is 78.1 Å². The van der Waals surface area contributed by atoms with Crippen LogP contribution in [0, 0.1) is 5.92 Å². The molecule has 0 saturated heterocycles. The van der Waals surface area contributed by atoms with Gasteiger partial charge in [-0.2, -0.15) is 0 Å². The largest absolute Gasteiger partial charge is 0.481 e. The average Bonchev–Trinajstić information content (AvgIpc) is 2.72. The first-order valence-electron chi connectivity index (χ1n) is 12.0. The summed E-state index contributed by atoms with van der Waals surface area (Å²) in [4.78, 5) is 34.7. The van der Waals surface area contributed by atoms with Gasteiger partial charge in [-0.05, 0) is 19.3 Å². The topological polar surface area (TPSA) is 89.9 Å². The van der Waals surface area contributed by atoms with Gasteiger partial charge in [-0.15, -0.1) is 0 Å². The summed E-state index contributed by atoms with van der Waals surface area (Å²) in [5.74, 6) is -1.70. The Kier molecular flexibility index (Phi) is 19.6. The van der Waals surface area contributed by atoms with Gasteiger partial charge in [0.1, 0.15) is 0 Å². The van der Waals surface area contributed by atoms with Crippen molar-refractivity contribution in [3.8, 4) is 0 Å². The third kappa shape index (κ3) is 19.7. The van der Waals surface area contributed by atoms with Crippen molar-refractivity contribution < 1.29 is 29.0 Å². The zero-order valence-electron chi connectivity index (χ0n) is 19.3. The number of carboxylic acid groups (broad SMARTS) is 1. The van der Waals surface area contributed by atoms with Crippen LogP contribution in [-0.4, -0.2) is 36.2 Å². The Hall–Kier alpha value is -1.59. The molecule has 6 nitrogen and oxygen atoms in total. The highest BCUT2D eigenvalue weighted by molar-refractivity contribution is 5.70. The van der Waals surface area contributed by atoms with Crippen LogP contribution in [0.4, 0.5) is 0 Å². The van der Waals surface area contributed by atoms with Crippen molar-refractivity contribution >= 4 is 17.9 Å². The fourth-order valence-corrected chi connectivity index (χ4v) is 3.21. The summed E-state index contributed by atoms with van der Waals surface area (Å²) >= 11 is 0. The van der Waals surface area contributed by atoms with E-state index in [1.807, 2.05) is 0 Å². The lowest BCUT2D eigenvalue weighted by Gasteiger charge is -2.16. The summed E-state index contributed by atoms with van der Waals surface area (Å²) < 4.78 is 10.6. The van der Waals surface area contributed by atoms with Gasteiger partial charge in [0, 0.05) is 25.2 Å². The quantitative estimate of drug-likeness (QED) is 0.177. The van der Waals surface area contributed by atoms with Crippen LogP contribution in [0.3, 0.4) is 0 Å². The number of carboxylic acids is 1. The lowest BCUT2D eigenvalue weighted by molar-refractivity contribution is -0.149. The molecule has 0 bridgehead atoms. The maximum Gasteiger partial charge on any atom is 0.305 e. The van der Waals surface area contributed by atoms with E-state index in [0.717, 1.165) is 38.5 Å². The highest BCUT2D eigenvalue weighted by Crippen LogP contribution is 2.13. The maximum absolute atomic E-state index is 11.9. The highest BCUT2D eigenvalue weighted by Gasteiger charge is 2.16. The average molecular weight is 429 g/mol. The second-order valence-corrected chi connectivity index (χ2v) is 8.20. The second-order valence-electron chi connectivity index (χ2n) is 8.20. The number of carbonyl (C=O) groups excluding carboxylic acids is 2. The molecule has 30 heavy (non-hydrogen) atoms. The summed E-state index contributed by atoms with van der Waals surface area (Å²) in [6, 6.07) is 0. The molecule has 0 atom stereocenters. The van der Waals surface area contributed by atoms with Gasteiger partial charge in [0.05, 0.1) is 13.2 Å². The zero-order chi connectivity index (χ0) is 22.5. The van der Waals surface area contributed by atoms with Gasteiger partial charge >= 0.3 is 17.9 Å². The molecule has 0 aliphatic heterocycles. The summed E-state index contributed by atoms with van der Waals surface area (Å²) in [5, 5.41) is 8.91. The molecule has 0 saturated carbocycles. The number of hydrogen-bond acceptors (Lipinski definition) is 5. The molecule has 1 N–H and O–H groups in total. The minimum absolute atomic E-state index is 0.0331. The molecule has 0 amide bonds. The molecule has 0 aliphatic rings. The maximum atomic E-state index is 11.9. The molecule has 0 radical (unpaired) electrons. The molecule has 0 fully saturated rings. The first-order valence-corrected chi connectivity index (χ1v) is 12.0. The van der Waals surface area contributed by atoms with Gasteiger partial charge < -0.3 is 14.6 Å². The van der Waals surface area contributed by atoms with Crippen molar-refractivity contribution in [3.63, 3.8) is 0 Å². The predicted molar refractivity (Wildman–Crippen MR) is 118 cm³/mol. The van der Waals surface area contributed by atoms with Crippen molar-refractivity contribution in [2.24, 2.45) is 5.92 Å². The second kappa shape index (κ2) is 20.7. The van der Waals surface area contributed by atoms with Gasteiger partial charge in [-0.25, -0.2) is 0 Å². The molecule has 0 aromatic rings. The molecule has 0 aromatic heterocycles. The number of carbonyl (C=O) groups is 3. The molecule has 176 valence electrons. The van der Waals surface area contributed by atoms with Crippen LogP contribution in [0.25, 0.3) is 0 Å². The molecule has 0 heterocycles. The standard InChI is InChI=1S/C24H44O6/c1-3-5-7-9-11-13-15-23(27)29-19-21(17-18-22(25)26)20-30-24(28)16-14-12-10-8-6-4-2/h21H,3-20H2,1-2H3,(H,25,26). The van der Waals surface area contributed by atoms with Crippen LogP contribution in [0.15, 0.2) is 0 Å². The zero-order valence-corrected chi connectivity index (χ0v) is 19.3. The Morgan fingerprint density at radius 2 is 1.03 bits per heavy atom. The Balaban J connectivity index is 4.04. The molecule has 6 heteroatoms. The number of unbranched alkanes of at least 4 members (excludes halogenated alkanes) is 10. The summed E-state index contributed by atoms with van der Waals surface area (Å²) in [6.45, 7) is 4.55. The van der Waals surface area contributed by atoms with Crippen LogP contribution < -0.4 is 0 Å². The fourth-order valence-electron chi connectivity index (χ4n) is 3.21. The molecule has 0 aliphatic carbocycles. The van der Waals surface area contributed by atoms with E-state index in [2.05, 4.69) is 13.8 Å². The Morgan fingerprint density at radius 3 is 1.43 bits per heavy atom. The molecule has 0 unspecified atom stereocenters. The van der Waals surface area contributed by atoms with E-state index in [1.54, 1.807) is 0 Å². The summed E-state index contributed by atoms with van der Waals surface area (Å²) in [6.07, 6.45) is 14.3. The van der Waals surface area contributed by atoms with Crippen LogP contribution in [-0.2, 0) is 23.9 Å². The third-order valence-electron chi connectivity index (χ3n) is 5.20. The highest BCUT2D eigenvalue weighted by atomic mass is 16.5. The molecule has 0 rings (SSSR count). The van der Waals surface area contributed by atoms with E-state index in [4.69, 9.17) is 14.6 Å². The van der Waals surface area contributed by atoms with E-state index < -0.39 is 5.97 Å². The molecular weight excluding hydrogens is 384 g/mol. The van der Waals surface area contributed by atoms with Crippen LogP contribution in [0.1, 0.15) is 117 Å². The van der Waals surface area contributed by atoms with Crippen molar-refractivity contribution in [2.45, 2.75) is 117 Å². The van der Waals surface area contributed by atoms with Crippen molar-refractivity contribution in [2.75, 3.05) is 13.2 Å². The monoisotopic (exact) mass is 428 g/mol. The summed E-state index contributed by atoms with van der Waals surface area (Å²) in [7, 11) is 0. The number of esters is 2. The summed E-state index contributed by atoms with van der Waals surface area (Å²) in [5.41, 5.74) is 0. The van der Waals surface area contributed by atoms with Crippen molar-refractivity contribution in [1.82, 2.24) is 0 Å². The minimum atomic E-state index is -0.906. The van der Waals surface area contributed by atoms with Gasteiger partial charge in [0.15, 0.2) is 0 Å². The van der Waals surface area contributed by atoms with E-state index in [9.17, 15) is 14.4 Å². The van der Waals surface area contributed by atoms with Crippen LogP contribution in [0.5, 0.6) is 0 Å². The number of aliphatic carboxylic acids is 1. The first-order chi connectivity index (χ1) is 14.5. The van der Waals surface area contributed by atoms with E-state index in [1.165, 1.54) is 38.5 Å². The fraction of sp³-hybridized carbons (Fsp3) is 0.875. The Labute approximate surface area is 183 Å². The Morgan fingerprint density at radius 1 is 0.633 bits per heavy atom. The number of rotatable bonds is 21. The smallest absolute Gasteiger partial charge is 0.305 e. The number of hydrogen-bond donors (Lipinski definition) is 1. The first kappa shape index (κ1) is 28.4. The molecule has 0 spiro atoms. The van der Waals surface area contributed by atoms with E-state index in [-0.39, 0.29) is 37.5 Å². The molecular formula is C24H44O6. The normalized spacial score (nSPS) is 10.9. The number of ether oxygens (including phenoxy) is 2. The van der Waals surface area contributed by atoms with Gasteiger partial charge in [-0.3, -0.25) is 14.4 Å². The minimum Gasteiger partial charge on any atom is -0.481 e. The van der Waals surface area contributed by atoms with E-state index in [0.29, 0.717) is 19.3 Å². The lowest BCUT2D eigenvalue weighted by Crippen LogP contribution is -2.22. The lowest BCUT2D eigenvalue weighted by atomic mass is 10.1.